The Kier molecular flexibility index (Phi) is 7.24. The molecule has 4 nitrogen and oxygen atoms in total. The van der Waals surface area contributed by atoms with Gasteiger partial charge in [0.2, 0.25) is 0 Å². The van der Waals surface area contributed by atoms with Crippen molar-refractivity contribution in [1.29, 1.82) is 0 Å². The summed E-state index contributed by atoms with van der Waals surface area (Å²) in [6, 6.07) is 19.6. The third-order valence-electron chi connectivity index (χ3n) is 6.07. The predicted octanol–water partition coefficient (Wildman–Crippen LogP) is 7.34. The van der Waals surface area contributed by atoms with Crippen molar-refractivity contribution in [2.75, 3.05) is 0 Å². The molecule has 7 heteroatoms. The molecule has 0 amide bonds. The number of carbonyl (C=O) groups excluding carboxylic acids is 1. The van der Waals surface area contributed by atoms with Gasteiger partial charge < -0.3 is 9.84 Å². The maximum atomic E-state index is 12.8. The number of hydrogen-bond donors (Lipinski definition) is 1. The number of carboxylic acid groups (broad SMARTS) is 1. The average molecular weight is 482 g/mol. The Balaban J connectivity index is 1.42. The maximum absolute atomic E-state index is 12.8. The molecule has 1 fully saturated rings. The van der Waals surface area contributed by atoms with Gasteiger partial charge in [-0.1, -0.05) is 48.5 Å². The normalized spacial score (nSPS) is 14.4. The molecule has 0 saturated heterocycles. The smallest absolute Gasteiger partial charge is 0.416 e. The van der Waals surface area contributed by atoms with Gasteiger partial charge in [0.05, 0.1) is 5.56 Å². The zero-order valence-electron chi connectivity index (χ0n) is 18.9. The molecular weight excluding hydrogens is 457 g/mol. The Labute approximate surface area is 201 Å². The molecule has 0 heterocycles. The minimum atomic E-state index is -4.36. The fourth-order valence-corrected chi connectivity index (χ4v) is 3.96. The highest BCUT2D eigenvalue weighted by molar-refractivity contribution is 5.96. The van der Waals surface area contributed by atoms with Gasteiger partial charge >= 0.3 is 12.1 Å². The van der Waals surface area contributed by atoms with Crippen LogP contribution in [-0.2, 0) is 11.0 Å². The topological polar surface area (TPSA) is 63.6 Å². The van der Waals surface area contributed by atoms with Crippen LogP contribution < -0.4 is 4.74 Å². The number of halogens is 3. The van der Waals surface area contributed by atoms with Gasteiger partial charge in [-0.25, -0.2) is 0 Å². The van der Waals surface area contributed by atoms with E-state index >= 15 is 0 Å². The lowest BCUT2D eigenvalue weighted by molar-refractivity contribution is -0.138. The van der Waals surface area contributed by atoms with Gasteiger partial charge in [-0.05, 0) is 60.2 Å². The van der Waals surface area contributed by atoms with Gasteiger partial charge in [-0.3, -0.25) is 9.59 Å². The molecule has 3 aromatic rings. The zero-order valence-corrected chi connectivity index (χ0v) is 18.9. The summed E-state index contributed by atoms with van der Waals surface area (Å²) in [4.78, 5) is 22.9. The molecule has 1 saturated carbocycles. The minimum Gasteiger partial charge on any atom is -0.485 e. The molecule has 1 atom stereocenters. The molecule has 0 spiro atoms. The van der Waals surface area contributed by atoms with Crippen molar-refractivity contribution in [2.24, 2.45) is 5.92 Å². The molecule has 1 N–H and O–H groups in total. The van der Waals surface area contributed by atoms with Gasteiger partial charge in [-0.15, -0.1) is 0 Å². The number of carbonyl (C=O) groups is 2. The molecule has 1 unspecified atom stereocenters. The van der Waals surface area contributed by atoms with Crippen molar-refractivity contribution in [3.8, 4) is 16.9 Å². The lowest BCUT2D eigenvalue weighted by Gasteiger charge is -2.20. The number of Topliss-reactive ketones (excluding diaryl/α,β-unsaturated/α-hetero) is 1. The van der Waals surface area contributed by atoms with Gasteiger partial charge in [0.25, 0.3) is 0 Å². The second-order valence-corrected chi connectivity index (χ2v) is 8.77. The molecule has 0 bridgehead atoms. The van der Waals surface area contributed by atoms with Crippen LogP contribution in [-0.4, -0.2) is 16.9 Å². The highest BCUT2D eigenvalue weighted by Crippen LogP contribution is 2.44. The standard InChI is InChI=1S/C28H25F3O4/c29-28(30,31)23-14-10-18(11-15-23)19-12-16-24(17-13-19)35-27(22-8-9-22)21-6-4-20(5-7-21)25(32)2-1-3-26(33)34/h4-7,10-17,22,27H,1-3,8-9H2,(H,33,34). The van der Waals surface area contributed by atoms with E-state index in [1.807, 2.05) is 36.4 Å². The number of ether oxygens (including phenoxy) is 1. The van der Waals surface area contributed by atoms with Crippen LogP contribution in [0, 0.1) is 5.92 Å². The Bertz CT molecular complexity index is 1160. The first kappa shape index (κ1) is 24.5. The van der Waals surface area contributed by atoms with E-state index in [0.29, 0.717) is 29.2 Å². The third kappa shape index (κ3) is 6.50. The molecule has 0 radical (unpaired) electrons. The van der Waals surface area contributed by atoms with Crippen LogP contribution in [0.1, 0.15) is 59.7 Å². The summed E-state index contributed by atoms with van der Waals surface area (Å²) >= 11 is 0. The second-order valence-electron chi connectivity index (χ2n) is 8.77. The number of alkyl halides is 3. The minimum absolute atomic E-state index is 0.0287. The van der Waals surface area contributed by atoms with Crippen LogP contribution in [0.2, 0.25) is 0 Å². The molecule has 1 aliphatic carbocycles. The quantitative estimate of drug-likeness (QED) is 0.307. The van der Waals surface area contributed by atoms with Crippen LogP contribution in [0.25, 0.3) is 11.1 Å². The van der Waals surface area contributed by atoms with Gasteiger partial charge in [0, 0.05) is 24.3 Å². The third-order valence-corrected chi connectivity index (χ3v) is 6.07. The SMILES string of the molecule is O=C(O)CCCC(=O)c1ccc(C(Oc2ccc(-c3ccc(C(F)(F)F)cc3)cc2)C2CC2)cc1. The van der Waals surface area contributed by atoms with E-state index in [2.05, 4.69) is 0 Å². The van der Waals surface area contributed by atoms with Crippen molar-refractivity contribution in [3.05, 3.63) is 89.5 Å². The highest BCUT2D eigenvalue weighted by Gasteiger charge is 2.34. The van der Waals surface area contributed by atoms with Crippen LogP contribution >= 0.6 is 0 Å². The van der Waals surface area contributed by atoms with Crippen molar-refractivity contribution >= 4 is 11.8 Å². The zero-order chi connectivity index (χ0) is 25.0. The van der Waals surface area contributed by atoms with Crippen molar-refractivity contribution < 1.29 is 32.6 Å². The lowest BCUT2D eigenvalue weighted by atomic mass is 10.00. The van der Waals surface area contributed by atoms with E-state index in [0.717, 1.165) is 36.1 Å². The molecule has 182 valence electrons. The number of aliphatic carboxylic acids is 1. The fourth-order valence-electron chi connectivity index (χ4n) is 3.96. The summed E-state index contributed by atoms with van der Waals surface area (Å²) in [5, 5.41) is 8.72. The van der Waals surface area contributed by atoms with Crippen LogP contribution in [0.5, 0.6) is 5.75 Å². The number of ketones is 1. The van der Waals surface area contributed by atoms with Crippen LogP contribution in [0.4, 0.5) is 13.2 Å². The summed E-state index contributed by atoms with van der Waals surface area (Å²) in [6.45, 7) is 0. The maximum Gasteiger partial charge on any atom is 0.416 e. The Morgan fingerprint density at radius 2 is 1.43 bits per heavy atom. The molecule has 35 heavy (non-hydrogen) atoms. The summed E-state index contributed by atoms with van der Waals surface area (Å²) in [5.41, 5.74) is 2.31. The van der Waals surface area contributed by atoms with E-state index in [-0.39, 0.29) is 24.7 Å². The van der Waals surface area contributed by atoms with E-state index in [9.17, 15) is 22.8 Å². The lowest BCUT2D eigenvalue weighted by Crippen LogP contribution is -2.10. The van der Waals surface area contributed by atoms with Crippen molar-refractivity contribution in [3.63, 3.8) is 0 Å². The second kappa shape index (κ2) is 10.3. The summed E-state index contributed by atoms with van der Waals surface area (Å²) < 4.78 is 44.6. The summed E-state index contributed by atoms with van der Waals surface area (Å²) in [6.07, 6.45) is -1.96. The Morgan fingerprint density at radius 3 is 1.94 bits per heavy atom. The van der Waals surface area contributed by atoms with E-state index < -0.39 is 17.7 Å². The van der Waals surface area contributed by atoms with E-state index in [1.165, 1.54) is 12.1 Å². The summed E-state index contributed by atoms with van der Waals surface area (Å²) in [5.74, 6) is 0.0404. The molecule has 0 aliphatic heterocycles. The monoisotopic (exact) mass is 482 g/mol. The highest BCUT2D eigenvalue weighted by atomic mass is 19.4. The van der Waals surface area contributed by atoms with Gasteiger partial charge in [0.15, 0.2) is 5.78 Å². The number of hydrogen-bond acceptors (Lipinski definition) is 3. The number of carboxylic acids is 1. The first-order chi connectivity index (χ1) is 16.7. The molecule has 3 aromatic carbocycles. The van der Waals surface area contributed by atoms with E-state index in [4.69, 9.17) is 9.84 Å². The Morgan fingerprint density at radius 1 is 0.857 bits per heavy atom. The van der Waals surface area contributed by atoms with Gasteiger partial charge in [-0.2, -0.15) is 13.2 Å². The fraction of sp³-hybridized carbons (Fsp3) is 0.286. The predicted molar refractivity (Wildman–Crippen MR) is 125 cm³/mol. The Hall–Kier alpha value is -3.61. The first-order valence-electron chi connectivity index (χ1n) is 11.5. The van der Waals surface area contributed by atoms with Crippen LogP contribution in [0.15, 0.2) is 72.8 Å². The van der Waals surface area contributed by atoms with E-state index in [1.54, 1.807) is 12.1 Å². The molecule has 4 rings (SSSR count). The average Bonchev–Trinajstić information content (AvgIpc) is 3.68. The molecule has 0 aromatic heterocycles. The number of benzene rings is 3. The molecular formula is C28H25F3O4. The van der Waals surface area contributed by atoms with Crippen molar-refractivity contribution in [2.45, 2.75) is 44.4 Å². The van der Waals surface area contributed by atoms with Crippen LogP contribution in [0.3, 0.4) is 0 Å². The first-order valence-corrected chi connectivity index (χ1v) is 11.5. The van der Waals surface area contributed by atoms with Crippen molar-refractivity contribution in [1.82, 2.24) is 0 Å². The number of rotatable bonds is 10. The molecule has 1 aliphatic rings. The summed E-state index contributed by atoms with van der Waals surface area (Å²) in [7, 11) is 0. The largest absolute Gasteiger partial charge is 0.485 e. The van der Waals surface area contributed by atoms with Gasteiger partial charge in [0.1, 0.15) is 11.9 Å².